The summed E-state index contributed by atoms with van der Waals surface area (Å²) in [5.74, 6) is 0. The summed E-state index contributed by atoms with van der Waals surface area (Å²) in [6.45, 7) is 0. The maximum atomic E-state index is 2.40. The van der Waals surface area contributed by atoms with Crippen molar-refractivity contribution in [2.24, 2.45) is 0 Å². The van der Waals surface area contributed by atoms with Crippen LogP contribution < -0.4 is 4.90 Å². The fraction of sp³-hybridized carbons (Fsp3) is 0. The Labute approximate surface area is 272 Å². The zero-order valence-electron chi connectivity index (χ0n) is 25.1. The lowest BCUT2D eigenvalue weighted by Crippen LogP contribution is -2.09. The van der Waals surface area contributed by atoms with Crippen LogP contribution in [0.2, 0.25) is 0 Å². The molecule has 1 heterocycles. The summed E-state index contributed by atoms with van der Waals surface area (Å²) in [4.78, 5) is 2.40. The van der Waals surface area contributed by atoms with Gasteiger partial charge in [0.05, 0.1) is 10.4 Å². The van der Waals surface area contributed by atoms with E-state index in [2.05, 4.69) is 181 Å². The maximum absolute atomic E-state index is 2.40. The van der Waals surface area contributed by atoms with E-state index in [1.807, 2.05) is 11.3 Å². The molecule has 0 aliphatic heterocycles. The molecule has 0 fully saturated rings. The lowest BCUT2D eigenvalue weighted by molar-refractivity contribution is 1.30. The Bertz CT molecular complexity index is 2510. The predicted octanol–water partition coefficient (Wildman–Crippen LogP) is 13.2. The first-order valence-corrected chi connectivity index (χ1v) is 16.5. The van der Waals surface area contributed by atoms with Gasteiger partial charge in [-0.2, -0.15) is 0 Å². The van der Waals surface area contributed by atoms with E-state index in [0.29, 0.717) is 0 Å². The van der Waals surface area contributed by atoms with Gasteiger partial charge in [0, 0.05) is 26.8 Å². The van der Waals surface area contributed by atoms with Crippen LogP contribution in [0, 0.1) is 0 Å². The second-order valence-corrected chi connectivity index (χ2v) is 12.8. The van der Waals surface area contributed by atoms with Crippen molar-refractivity contribution in [1.29, 1.82) is 0 Å². The monoisotopic (exact) mass is 603 g/mol. The van der Waals surface area contributed by atoms with Crippen molar-refractivity contribution in [1.82, 2.24) is 0 Å². The molecule has 216 valence electrons. The molecule has 1 aromatic heterocycles. The average molecular weight is 604 g/mol. The summed E-state index contributed by atoms with van der Waals surface area (Å²) in [5, 5.41) is 7.71. The number of thiophene rings is 1. The molecule has 2 heteroatoms. The molecule has 8 aromatic carbocycles. The molecular weight excluding hydrogens is 575 g/mol. The topological polar surface area (TPSA) is 3.24 Å². The minimum atomic E-state index is 1.13. The molecule has 0 amide bonds. The van der Waals surface area contributed by atoms with Crippen molar-refractivity contribution in [2.75, 3.05) is 4.90 Å². The molecule has 1 nitrogen and oxygen atoms in total. The highest BCUT2D eigenvalue weighted by molar-refractivity contribution is 7.26. The van der Waals surface area contributed by atoms with Crippen LogP contribution in [0.4, 0.5) is 17.1 Å². The summed E-state index contributed by atoms with van der Waals surface area (Å²) in [6.07, 6.45) is 0. The average Bonchev–Trinajstić information content (AvgIpc) is 3.52. The SMILES string of the molecule is c1ccc(-c2cccc3c2c(-c2ccc(N(c4ccccc4)c4cccc5c4sc4ccccc45)cc2)cc2ccccc23)cc1. The van der Waals surface area contributed by atoms with E-state index in [0.717, 1.165) is 11.4 Å². The molecule has 0 unspecified atom stereocenters. The third-order valence-electron chi connectivity index (χ3n) is 9.04. The van der Waals surface area contributed by atoms with Gasteiger partial charge in [-0.1, -0.05) is 133 Å². The first-order chi connectivity index (χ1) is 22.8. The normalized spacial score (nSPS) is 11.5. The van der Waals surface area contributed by atoms with Gasteiger partial charge in [0.25, 0.3) is 0 Å². The van der Waals surface area contributed by atoms with Crippen LogP contribution in [-0.4, -0.2) is 0 Å². The molecular formula is C44H29NS. The van der Waals surface area contributed by atoms with E-state index in [4.69, 9.17) is 0 Å². The Morgan fingerprint density at radius 3 is 1.83 bits per heavy atom. The Balaban J connectivity index is 1.25. The lowest BCUT2D eigenvalue weighted by atomic mass is 9.88. The van der Waals surface area contributed by atoms with Gasteiger partial charge >= 0.3 is 0 Å². The van der Waals surface area contributed by atoms with E-state index < -0.39 is 0 Å². The Kier molecular flexibility index (Phi) is 6.40. The van der Waals surface area contributed by atoms with Gasteiger partial charge in [-0.15, -0.1) is 11.3 Å². The molecule has 0 spiro atoms. The van der Waals surface area contributed by atoms with E-state index in [-0.39, 0.29) is 0 Å². The van der Waals surface area contributed by atoms with Crippen LogP contribution in [-0.2, 0) is 0 Å². The fourth-order valence-corrected chi connectivity index (χ4v) is 8.16. The molecule has 0 saturated carbocycles. The van der Waals surface area contributed by atoms with Gasteiger partial charge < -0.3 is 4.90 Å². The summed E-state index contributed by atoms with van der Waals surface area (Å²) >= 11 is 1.87. The number of fused-ring (bicyclic) bond motifs is 6. The van der Waals surface area contributed by atoms with Gasteiger partial charge in [-0.3, -0.25) is 0 Å². The van der Waals surface area contributed by atoms with E-state index >= 15 is 0 Å². The second-order valence-electron chi connectivity index (χ2n) is 11.7. The van der Waals surface area contributed by atoms with Gasteiger partial charge in [-0.05, 0) is 86.3 Å². The van der Waals surface area contributed by atoms with Crippen LogP contribution in [0.15, 0.2) is 176 Å². The molecule has 0 aliphatic carbocycles. The molecule has 0 bridgehead atoms. The fourth-order valence-electron chi connectivity index (χ4n) is 6.95. The molecule has 9 rings (SSSR count). The van der Waals surface area contributed by atoms with Crippen molar-refractivity contribution < 1.29 is 0 Å². The smallest absolute Gasteiger partial charge is 0.0640 e. The van der Waals surface area contributed by atoms with Crippen molar-refractivity contribution in [3.8, 4) is 22.3 Å². The van der Waals surface area contributed by atoms with Crippen LogP contribution in [0.3, 0.4) is 0 Å². The molecule has 0 N–H and O–H groups in total. The molecule has 0 aliphatic rings. The number of hydrogen-bond acceptors (Lipinski definition) is 2. The Morgan fingerprint density at radius 2 is 1.00 bits per heavy atom. The summed E-state index contributed by atoms with van der Waals surface area (Å²) in [7, 11) is 0. The number of hydrogen-bond donors (Lipinski definition) is 0. The van der Waals surface area contributed by atoms with Gasteiger partial charge in [0.2, 0.25) is 0 Å². The molecule has 0 radical (unpaired) electrons. The zero-order valence-corrected chi connectivity index (χ0v) is 25.9. The Morgan fingerprint density at radius 1 is 0.391 bits per heavy atom. The molecule has 46 heavy (non-hydrogen) atoms. The second kappa shape index (κ2) is 11.0. The number of para-hydroxylation sites is 1. The summed E-state index contributed by atoms with van der Waals surface area (Å²) in [6, 6.07) is 63.9. The van der Waals surface area contributed by atoms with Crippen molar-refractivity contribution >= 4 is 70.1 Å². The van der Waals surface area contributed by atoms with Crippen molar-refractivity contribution in [3.63, 3.8) is 0 Å². The standard InChI is InChI=1S/C44H29NS/c1-3-13-30(14-4-1)36-20-11-21-38-35-18-8-7-15-32(35)29-40(43(36)38)31-25-27-34(28-26-31)45(33-16-5-2-6-17-33)41-23-12-22-39-37-19-9-10-24-42(37)46-44(39)41/h1-29H. The largest absolute Gasteiger partial charge is 0.309 e. The van der Waals surface area contributed by atoms with E-state index in [1.54, 1.807) is 0 Å². The number of anilines is 3. The van der Waals surface area contributed by atoms with Crippen LogP contribution in [0.25, 0.3) is 64.0 Å². The van der Waals surface area contributed by atoms with Crippen LogP contribution >= 0.6 is 11.3 Å². The quantitative estimate of drug-likeness (QED) is 0.177. The summed E-state index contributed by atoms with van der Waals surface area (Å²) in [5.41, 5.74) is 8.41. The number of nitrogens with zero attached hydrogens (tertiary/aromatic N) is 1. The maximum Gasteiger partial charge on any atom is 0.0640 e. The highest BCUT2D eigenvalue weighted by Crippen LogP contribution is 2.46. The van der Waals surface area contributed by atoms with E-state index in [9.17, 15) is 0 Å². The highest BCUT2D eigenvalue weighted by Gasteiger charge is 2.19. The van der Waals surface area contributed by atoms with Crippen molar-refractivity contribution in [2.45, 2.75) is 0 Å². The van der Waals surface area contributed by atoms with Crippen LogP contribution in [0.5, 0.6) is 0 Å². The molecule has 9 aromatic rings. The first kappa shape index (κ1) is 26.7. The minimum absolute atomic E-state index is 1.13. The third-order valence-corrected chi connectivity index (χ3v) is 10.3. The zero-order chi connectivity index (χ0) is 30.5. The van der Waals surface area contributed by atoms with Gasteiger partial charge in [-0.25, -0.2) is 0 Å². The van der Waals surface area contributed by atoms with Gasteiger partial charge in [0.1, 0.15) is 0 Å². The highest BCUT2D eigenvalue weighted by atomic mass is 32.1. The lowest BCUT2D eigenvalue weighted by Gasteiger charge is -2.26. The molecule has 0 atom stereocenters. The van der Waals surface area contributed by atoms with E-state index in [1.165, 1.54) is 69.7 Å². The number of rotatable bonds is 5. The van der Waals surface area contributed by atoms with Crippen molar-refractivity contribution in [3.05, 3.63) is 176 Å². The summed E-state index contributed by atoms with van der Waals surface area (Å²) < 4.78 is 2.61. The minimum Gasteiger partial charge on any atom is -0.309 e. The Hall–Kier alpha value is -5.70. The van der Waals surface area contributed by atoms with Crippen LogP contribution in [0.1, 0.15) is 0 Å². The first-order valence-electron chi connectivity index (χ1n) is 15.7. The number of benzene rings is 8. The van der Waals surface area contributed by atoms with Gasteiger partial charge in [0.15, 0.2) is 0 Å². The molecule has 0 saturated heterocycles. The third kappa shape index (κ3) is 4.38. The predicted molar refractivity (Wildman–Crippen MR) is 200 cm³/mol.